The van der Waals surface area contributed by atoms with Gasteiger partial charge in [-0.3, -0.25) is 14.5 Å². The number of halogens is 2. The van der Waals surface area contributed by atoms with Crippen LogP contribution in [0.25, 0.3) is 0 Å². The molecule has 1 aromatic rings. The van der Waals surface area contributed by atoms with Crippen LogP contribution in [0.5, 0.6) is 0 Å². The van der Waals surface area contributed by atoms with Gasteiger partial charge in [-0.1, -0.05) is 27.5 Å². The lowest BCUT2D eigenvalue weighted by Crippen LogP contribution is -2.27. The van der Waals surface area contributed by atoms with E-state index in [2.05, 4.69) is 25.9 Å². The molecule has 2 rings (SSSR count). The van der Waals surface area contributed by atoms with E-state index < -0.39 is 0 Å². The first-order chi connectivity index (χ1) is 8.17. The van der Waals surface area contributed by atoms with Gasteiger partial charge < -0.3 is 0 Å². The van der Waals surface area contributed by atoms with Crippen molar-refractivity contribution in [3.8, 4) is 0 Å². The number of aldehydes is 1. The summed E-state index contributed by atoms with van der Waals surface area (Å²) in [7, 11) is 0. The van der Waals surface area contributed by atoms with Crippen LogP contribution < -0.4 is 4.90 Å². The Labute approximate surface area is 111 Å². The molecule has 1 aliphatic heterocycles. The lowest BCUT2D eigenvalue weighted by atomic mass is 10.2. The molecule has 0 N–H and O–H groups in total. The number of nitrogens with zero attached hydrogens (tertiary/aromatic N) is 3. The first kappa shape index (κ1) is 12.4. The smallest absolute Gasteiger partial charge is 0.228 e. The monoisotopic (exact) mass is 317 g/mol. The fraction of sp³-hybridized carbons (Fsp3) is 0.400. The van der Waals surface area contributed by atoms with Crippen LogP contribution in [0.3, 0.4) is 0 Å². The standard InChI is InChI=1S/C10H9BrClN3O2/c11-2-6-1-8(17)15(3-6)10-7(4-16)9(12)13-5-14-10/h4-6H,1-3H2. The Morgan fingerprint density at radius 2 is 2.35 bits per heavy atom. The van der Waals surface area contributed by atoms with E-state index in [4.69, 9.17) is 11.6 Å². The molecular formula is C10H9BrClN3O2. The molecule has 90 valence electrons. The van der Waals surface area contributed by atoms with Gasteiger partial charge in [0.15, 0.2) is 12.1 Å². The highest BCUT2D eigenvalue weighted by Crippen LogP contribution is 2.28. The summed E-state index contributed by atoms with van der Waals surface area (Å²) < 4.78 is 0. The zero-order chi connectivity index (χ0) is 12.4. The highest BCUT2D eigenvalue weighted by atomic mass is 79.9. The average molecular weight is 319 g/mol. The van der Waals surface area contributed by atoms with Gasteiger partial charge in [-0.05, 0) is 5.92 Å². The lowest BCUT2D eigenvalue weighted by Gasteiger charge is -2.16. The van der Waals surface area contributed by atoms with Gasteiger partial charge in [0.05, 0.1) is 5.56 Å². The van der Waals surface area contributed by atoms with Gasteiger partial charge >= 0.3 is 0 Å². The third-order valence-electron chi connectivity index (χ3n) is 2.61. The molecule has 1 fully saturated rings. The molecule has 0 radical (unpaired) electrons. The van der Waals surface area contributed by atoms with Gasteiger partial charge in [-0.15, -0.1) is 0 Å². The molecule has 17 heavy (non-hydrogen) atoms. The molecule has 1 saturated heterocycles. The molecule has 0 saturated carbocycles. The number of amides is 1. The second-order valence-electron chi connectivity index (χ2n) is 3.75. The Morgan fingerprint density at radius 3 is 2.94 bits per heavy atom. The molecule has 0 bridgehead atoms. The lowest BCUT2D eigenvalue weighted by molar-refractivity contribution is -0.117. The normalized spacial score (nSPS) is 19.8. The quantitative estimate of drug-likeness (QED) is 0.483. The summed E-state index contributed by atoms with van der Waals surface area (Å²) in [5, 5.41) is 0.810. The van der Waals surface area contributed by atoms with Crippen LogP contribution in [0.4, 0.5) is 5.82 Å². The maximum absolute atomic E-state index is 11.8. The Balaban J connectivity index is 2.38. The largest absolute Gasteiger partial charge is 0.298 e. The van der Waals surface area contributed by atoms with E-state index in [1.54, 1.807) is 0 Å². The van der Waals surface area contributed by atoms with Crippen LogP contribution in [0.2, 0.25) is 5.15 Å². The van der Waals surface area contributed by atoms with Crippen LogP contribution in [0, 0.1) is 5.92 Å². The fourth-order valence-electron chi connectivity index (χ4n) is 1.77. The summed E-state index contributed by atoms with van der Waals surface area (Å²) in [6.45, 7) is 0.540. The molecule has 0 spiro atoms. The molecule has 1 atom stereocenters. The minimum absolute atomic E-state index is 0.0488. The van der Waals surface area contributed by atoms with Crippen molar-refractivity contribution in [2.75, 3.05) is 16.8 Å². The number of hydrogen-bond donors (Lipinski definition) is 0. The zero-order valence-electron chi connectivity index (χ0n) is 8.77. The summed E-state index contributed by atoms with van der Waals surface area (Å²) in [5.74, 6) is 0.483. The van der Waals surface area contributed by atoms with Gasteiger partial charge in [0, 0.05) is 18.3 Å². The first-order valence-electron chi connectivity index (χ1n) is 4.99. The first-order valence-corrected chi connectivity index (χ1v) is 6.49. The number of carbonyl (C=O) groups is 2. The number of hydrogen-bond acceptors (Lipinski definition) is 4. The molecule has 7 heteroatoms. The van der Waals surface area contributed by atoms with E-state index in [9.17, 15) is 9.59 Å². The van der Waals surface area contributed by atoms with Crippen molar-refractivity contribution >= 4 is 45.5 Å². The number of rotatable bonds is 3. The topological polar surface area (TPSA) is 63.2 Å². The number of alkyl halides is 1. The maximum Gasteiger partial charge on any atom is 0.228 e. The summed E-state index contributed by atoms with van der Waals surface area (Å²) >= 11 is 9.14. The highest BCUT2D eigenvalue weighted by Gasteiger charge is 2.32. The predicted octanol–water partition coefficient (Wildman–Crippen LogP) is 1.69. The van der Waals surface area contributed by atoms with Crippen LogP contribution in [0.1, 0.15) is 16.8 Å². The van der Waals surface area contributed by atoms with Crippen molar-refractivity contribution in [2.24, 2.45) is 5.92 Å². The number of aromatic nitrogens is 2. The van der Waals surface area contributed by atoms with E-state index >= 15 is 0 Å². The molecular weight excluding hydrogens is 309 g/mol. The zero-order valence-corrected chi connectivity index (χ0v) is 11.1. The molecule has 0 aromatic carbocycles. The SMILES string of the molecule is O=Cc1c(Cl)ncnc1N1CC(CBr)CC1=O. The molecule has 1 aromatic heterocycles. The van der Waals surface area contributed by atoms with E-state index in [-0.39, 0.29) is 22.5 Å². The van der Waals surface area contributed by atoms with E-state index in [1.165, 1.54) is 11.2 Å². The molecule has 5 nitrogen and oxygen atoms in total. The van der Waals surface area contributed by atoms with Crippen molar-refractivity contribution in [3.05, 3.63) is 17.0 Å². The predicted molar refractivity (Wildman–Crippen MR) is 66.7 cm³/mol. The van der Waals surface area contributed by atoms with Crippen LogP contribution in [-0.2, 0) is 4.79 Å². The van der Waals surface area contributed by atoms with E-state index in [1.807, 2.05) is 0 Å². The van der Waals surface area contributed by atoms with Crippen molar-refractivity contribution in [3.63, 3.8) is 0 Å². The van der Waals surface area contributed by atoms with Crippen LogP contribution in [0.15, 0.2) is 6.33 Å². The van der Waals surface area contributed by atoms with Crippen molar-refractivity contribution < 1.29 is 9.59 Å². The molecule has 2 heterocycles. The van der Waals surface area contributed by atoms with Crippen molar-refractivity contribution in [1.29, 1.82) is 0 Å². The molecule has 1 aliphatic rings. The summed E-state index contributed by atoms with van der Waals surface area (Å²) in [5.41, 5.74) is 0.165. The second kappa shape index (κ2) is 5.10. The van der Waals surface area contributed by atoms with Gasteiger partial charge in [0.2, 0.25) is 5.91 Å². The minimum Gasteiger partial charge on any atom is -0.298 e. The van der Waals surface area contributed by atoms with Crippen LogP contribution >= 0.6 is 27.5 Å². The average Bonchev–Trinajstić information content (AvgIpc) is 2.70. The van der Waals surface area contributed by atoms with E-state index in [0.717, 1.165) is 5.33 Å². The van der Waals surface area contributed by atoms with Gasteiger partial charge in [0.1, 0.15) is 11.5 Å². The van der Waals surface area contributed by atoms with Crippen LogP contribution in [-0.4, -0.2) is 34.0 Å². The Kier molecular flexibility index (Phi) is 3.73. The third kappa shape index (κ3) is 2.32. The van der Waals surface area contributed by atoms with E-state index in [0.29, 0.717) is 25.1 Å². The number of anilines is 1. The van der Waals surface area contributed by atoms with Crippen molar-refractivity contribution in [1.82, 2.24) is 9.97 Å². The Morgan fingerprint density at radius 1 is 1.59 bits per heavy atom. The molecule has 0 aliphatic carbocycles. The van der Waals surface area contributed by atoms with Crippen molar-refractivity contribution in [2.45, 2.75) is 6.42 Å². The van der Waals surface area contributed by atoms with Gasteiger partial charge in [-0.25, -0.2) is 9.97 Å². The summed E-state index contributed by atoms with van der Waals surface area (Å²) in [4.78, 5) is 31.9. The number of carbonyl (C=O) groups excluding carboxylic acids is 2. The molecule has 1 amide bonds. The Hall–Kier alpha value is -1.01. The molecule has 1 unspecified atom stereocenters. The Bertz CT molecular complexity index is 469. The third-order valence-corrected chi connectivity index (χ3v) is 3.83. The van der Waals surface area contributed by atoms with Gasteiger partial charge in [0.25, 0.3) is 0 Å². The highest BCUT2D eigenvalue weighted by molar-refractivity contribution is 9.09. The fourth-order valence-corrected chi connectivity index (χ4v) is 2.38. The van der Waals surface area contributed by atoms with Gasteiger partial charge in [-0.2, -0.15) is 0 Å². The minimum atomic E-state index is -0.0488. The summed E-state index contributed by atoms with van der Waals surface area (Å²) in [6.07, 6.45) is 2.27. The summed E-state index contributed by atoms with van der Waals surface area (Å²) in [6, 6.07) is 0. The second-order valence-corrected chi connectivity index (χ2v) is 4.75. The maximum atomic E-state index is 11.8.